The van der Waals surface area contributed by atoms with E-state index in [9.17, 15) is 0 Å². The molecule has 0 saturated heterocycles. The minimum absolute atomic E-state index is 0.0278. The number of benzene rings is 2. The molecule has 0 bridgehead atoms. The molecule has 0 spiro atoms. The molecule has 0 aromatic heterocycles. The van der Waals surface area contributed by atoms with E-state index in [2.05, 4.69) is 11.2 Å². The molecule has 0 heterocycles. The first-order chi connectivity index (χ1) is 9.10. The van der Waals surface area contributed by atoms with Crippen LogP contribution in [0.25, 0.3) is 0 Å². The molecule has 98 valence electrons. The van der Waals surface area contributed by atoms with Crippen LogP contribution < -0.4 is 10.5 Å². The van der Waals surface area contributed by atoms with Gasteiger partial charge in [0.2, 0.25) is 0 Å². The molecule has 0 aliphatic rings. The molecular weight excluding hydrogens is 240 g/mol. The van der Waals surface area contributed by atoms with Crippen LogP contribution in [0, 0.1) is 13.8 Å². The third-order valence-electron chi connectivity index (χ3n) is 2.69. The normalized spacial score (nSPS) is 11.4. The summed E-state index contributed by atoms with van der Waals surface area (Å²) in [4.78, 5) is 0. The summed E-state index contributed by atoms with van der Waals surface area (Å²) in [6.45, 7) is 4.02. The fourth-order valence-electron chi connectivity index (χ4n) is 1.94. The van der Waals surface area contributed by atoms with Gasteiger partial charge in [-0.1, -0.05) is 23.4 Å². The van der Waals surface area contributed by atoms with E-state index >= 15 is 0 Å². The topological polar surface area (TPSA) is 67.8 Å². The van der Waals surface area contributed by atoms with Gasteiger partial charge in [-0.2, -0.15) is 0 Å². The summed E-state index contributed by atoms with van der Waals surface area (Å²) in [5, 5.41) is 11.8. The molecule has 3 N–H and O–H groups in total. The molecule has 0 aliphatic heterocycles. The highest BCUT2D eigenvalue weighted by molar-refractivity contribution is 5.99. The predicted molar refractivity (Wildman–Crippen MR) is 74.9 cm³/mol. The Morgan fingerprint density at radius 1 is 1.11 bits per heavy atom. The van der Waals surface area contributed by atoms with E-state index in [4.69, 9.17) is 15.7 Å². The molecule has 2 aromatic carbocycles. The molecule has 0 aliphatic carbocycles. The number of amidine groups is 1. The molecule has 0 amide bonds. The van der Waals surface area contributed by atoms with Gasteiger partial charge in [-0.25, -0.2) is 0 Å². The number of aryl methyl sites for hydroxylation is 2. The van der Waals surface area contributed by atoms with Crippen molar-refractivity contribution in [1.29, 1.82) is 0 Å². The second-order valence-electron chi connectivity index (χ2n) is 4.41. The van der Waals surface area contributed by atoms with Gasteiger partial charge >= 0.3 is 0 Å². The van der Waals surface area contributed by atoms with Crippen LogP contribution in [-0.2, 0) is 0 Å². The van der Waals surface area contributed by atoms with Crippen LogP contribution in [0.5, 0.6) is 11.5 Å². The van der Waals surface area contributed by atoms with Gasteiger partial charge in [-0.05, 0) is 49.2 Å². The summed E-state index contributed by atoms with van der Waals surface area (Å²) in [7, 11) is 0. The third kappa shape index (κ3) is 3.04. The van der Waals surface area contributed by atoms with Gasteiger partial charge in [0.15, 0.2) is 5.84 Å². The van der Waals surface area contributed by atoms with Gasteiger partial charge in [0.05, 0.1) is 5.56 Å². The van der Waals surface area contributed by atoms with Crippen molar-refractivity contribution in [3.05, 3.63) is 59.2 Å². The lowest BCUT2D eigenvalue weighted by Gasteiger charge is -2.11. The van der Waals surface area contributed by atoms with E-state index in [0.29, 0.717) is 11.3 Å². The molecule has 0 fully saturated rings. The number of rotatable bonds is 3. The van der Waals surface area contributed by atoms with Crippen LogP contribution in [0.3, 0.4) is 0 Å². The number of nitrogens with zero attached hydrogens (tertiary/aromatic N) is 1. The maximum atomic E-state index is 8.77. The van der Waals surface area contributed by atoms with Crippen molar-refractivity contribution in [3.8, 4) is 11.5 Å². The second-order valence-corrected chi connectivity index (χ2v) is 4.41. The first-order valence-electron chi connectivity index (χ1n) is 5.93. The average Bonchev–Trinajstić information content (AvgIpc) is 2.37. The average molecular weight is 256 g/mol. The van der Waals surface area contributed by atoms with Gasteiger partial charge < -0.3 is 15.7 Å². The summed E-state index contributed by atoms with van der Waals surface area (Å²) in [5.74, 6) is 1.32. The van der Waals surface area contributed by atoms with Crippen LogP contribution in [0.15, 0.2) is 47.6 Å². The van der Waals surface area contributed by atoms with Gasteiger partial charge in [0.25, 0.3) is 0 Å². The predicted octanol–water partition coefficient (Wildman–Crippen LogP) is 3.19. The Bertz CT molecular complexity index is 601. The number of para-hydroxylation sites is 1. The van der Waals surface area contributed by atoms with Crippen LogP contribution in [-0.4, -0.2) is 11.0 Å². The number of ether oxygens (including phenoxy) is 1. The fourth-order valence-corrected chi connectivity index (χ4v) is 1.94. The van der Waals surface area contributed by atoms with E-state index in [-0.39, 0.29) is 5.84 Å². The van der Waals surface area contributed by atoms with Crippen molar-refractivity contribution >= 4 is 5.84 Å². The highest BCUT2D eigenvalue weighted by atomic mass is 16.5. The lowest BCUT2D eigenvalue weighted by atomic mass is 10.1. The SMILES string of the molecule is Cc1cc(C)cc(Oc2ccccc2/C(N)=N/O)c1. The number of hydrogen-bond donors (Lipinski definition) is 2. The second kappa shape index (κ2) is 5.44. The Morgan fingerprint density at radius 2 is 1.74 bits per heavy atom. The molecule has 0 saturated carbocycles. The smallest absolute Gasteiger partial charge is 0.173 e. The molecule has 19 heavy (non-hydrogen) atoms. The summed E-state index contributed by atoms with van der Waals surface area (Å²) in [6.07, 6.45) is 0. The highest BCUT2D eigenvalue weighted by Gasteiger charge is 2.08. The molecule has 0 atom stereocenters. The molecule has 4 nitrogen and oxygen atoms in total. The lowest BCUT2D eigenvalue weighted by Crippen LogP contribution is -2.14. The molecular formula is C15H16N2O2. The zero-order chi connectivity index (χ0) is 13.8. The molecule has 0 unspecified atom stereocenters. The van der Waals surface area contributed by atoms with E-state index in [0.717, 1.165) is 16.9 Å². The van der Waals surface area contributed by atoms with Crippen LogP contribution >= 0.6 is 0 Å². The highest BCUT2D eigenvalue weighted by Crippen LogP contribution is 2.26. The Morgan fingerprint density at radius 3 is 2.37 bits per heavy atom. The van der Waals surface area contributed by atoms with Crippen molar-refractivity contribution in [2.24, 2.45) is 10.9 Å². The van der Waals surface area contributed by atoms with Crippen LogP contribution in [0.2, 0.25) is 0 Å². The van der Waals surface area contributed by atoms with Crippen molar-refractivity contribution in [3.63, 3.8) is 0 Å². The Labute approximate surface area is 112 Å². The molecule has 2 rings (SSSR count). The zero-order valence-corrected chi connectivity index (χ0v) is 10.9. The van der Waals surface area contributed by atoms with Gasteiger partial charge in [0, 0.05) is 0 Å². The lowest BCUT2D eigenvalue weighted by molar-refractivity contribution is 0.318. The fraction of sp³-hybridized carbons (Fsp3) is 0.133. The van der Waals surface area contributed by atoms with Gasteiger partial charge in [-0.3, -0.25) is 0 Å². The first kappa shape index (κ1) is 13.0. The van der Waals surface area contributed by atoms with E-state index in [1.165, 1.54) is 0 Å². The van der Waals surface area contributed by atoms with Gasteiger partial charge in [-0.15, -0.1) is 0 Å². The van der Waals surface area contributed by atoms with Crippen LogP contribution in [0.4, 0.5) is 0 Å². The Kier molecular flexibility index (Phi) is 3.71. The third-order valence-corrected chi connectivity index (χ3v) is 2.69. The molecule has 2 aromatic rings. The van der Waals surface area contributed by atoms with E-state index in [1.807, 2.05) is 38.1 Å². The summed E-state index contributed by atoms with van der Waals surface area (Å²) >= 11 is 0. The summed E-state index contributed by atoms with van der Waals surface area (Å²) in [6, 6.07) is 13.1. The standard InChI is InChI=1S/C15H16N2O2/c1-10-7-11(2)9-12(8-10)19-14-6-4-3-5-13(14)15(16)17-18/h3-9,18H,1-2H3,(H2,16,17). The minimum Gasteiger partial charge on any atom is -0.457 e. The zero-order valence-electron chi connectivity index (χ0n) is 10.9. The van der Waals surface area contributed by atoms with Crippen molar-refractivity contribution in [2.75, 3.05) is 0 Å². The summed E-state index contributed by atoms with van der Waals surface area (Å²) < 4.78 is 5.82. The largest absolute Gasteiger partial charge is 0.457 e. The van der Waals surface area contributed by atoms with E-state index < -0.39 is 0 Å². The van der Waals surface area contributed by atoms with Crippen molar-refractivity contribution in [1.82, 2.24) is 0 Å². The molecule has 0 radical (unpaired) electrons. The van der Waals surface area contributed by atoms with Crippen molar-refractivity contribution < 1.29 is 9.94 Å². The number of hydrogen-bond acceptors (Lipinski definition) is 3. The molecule has 4 heteroatoms. The minimum atomic E-state index is 0.0278. The van der Waals surface area contributed by atoms with Crippen LogP contribution in [0.1, 0.15) is 16.7 Å². The number of oxime groups is 1. The monoisotopic (exact) mass is 256 g/mol. The Balaban J connectivity index is 2.38. The maximum Gasteiger partial charge on any atom is 0.173 e. The number of nitrogens with two attached hydrogens (primary N) is 1. The van der Waals surface area contributed by atoms with Crippen molar-refractivity contribution in [2.45, 2.75) is 13.8 Å². The first-order valence-corrected chi connectivity index (χ1v) is 5.93. The maximum absolute atomic E-state index is 8.77. The van der Waals surface area contributed by atoms with E-state index in [1.54, 1.807) is 12.1 Å². The summed E-state index contributed by atoms with van der Waals surface area (Å²) in [5.41, 5.74) is 8.43. The Hall–Kier alpha value is -2.49. The quantitative estimate of drug-likeness (QED) is 0.383. The van der Waals surface area contributed by atoms with Gasteiger partial charge in [0.1, 0.15) is 11.5 Å².